The molecule has 2 rings (SSSR count). The van der Waals surface area contributed by atoms with Crippen molar-refractivity contribution < 1.29 is 14.9 Å². The lowest BCUT2D eigenvalue weighted by molar-refractivity contribution is 0.00783. The van der Waals surface area contributed by atoms with Gasteiger partial charge in [-0.2, -0.15) is 0 Å². The van der Waals surface area contributed by atoms with Gasteiger partial charge in [0.1, 0.15) is 5.75 Å². The summed E-state index contributed by atoms with van der Waals surface area (Å²) in [5.41, 5.74) is 1.53. The average Bonchev–Trinajstić information content (AvgIpc) is 2.51. The van der Waals surface area contributed by atoms with Crippen LogP contribution in [0.4, 0.5) is 0 Å². The number of rotatable bonds is 2. The van der Waals surface area contributed by atoms with Gasteiger partial charge in [-0.1, -0.05) is 13.0 Å². The maximum absolute atomic E-state index is 10.1. The summed E-state index contributed by atoms with van der Waals surface area (Å²) in [5.74, 6) is 0.795. The van der Waals surface area contributed by atoms with Crippen molar-refractivity contribution in [3.8, 4) is 5.75 Å². The second-order valence-corrected chi connectivity index (χ2v) is 4.46. The van der Waals surface area contributed by atoms with Crippen molar-refractivity contribution in [1.82, 2.24) is 0 Å². The summed E-state index contributed by atoms with van der Waals surface area (Å²) in [7, 11) is 1.62. The van der Waals surface area contributed by atoms with Crippen LogP contribution >= 0.6 is 0 Å². The Bertz CT molecular complexity index is 375. The Balaban J connectivity index is 2.40. The summed E-state index contributed by atoms with van der Waals surface area (Å²) in [5, 5.41) is 19.4. The van der Waals surface area contributed by atoms with Crippen LogP contribution < -0.4 is 4.74 Å². The van der Waals surface area contributed by atoms with Crippen molar-refractivity contribution in [3.05, 3.63) is 29.3 Å². The lowest BCUT2D eigenvalue weighted by Crippen LogP contribution is -2.26. The lowest BCUT2D eigenvalue weighted by atomic mass is 9.86. The molecule has 0 aromatic heterocycles. The fraction of sp³-hybridized carbons (Fsp3) is 0.500. The molecule has 3 heteroatoms. The predicted octanol–water partition coefficient (Wildman–Crippen LogP) is 1.28. The fourth-order valence-corrected chi connectivity index (χ4v) is 2.18. The highest BCUT2D eigenvalue weighted by Gasteiger charge is 2.41. The van der Waals surface area contributed by atoms with E-state index in [0.717, 1.165) is 16.9 Å². The molecule has 1 aromatic rings. The molecule has 0 amide bonds. The van der Waals surface area contributed by atoms with Crippen molar-refractivity contribution in [2.45, 2.75) is 19.4 Å². The van der Waals surface area contributed by atoms with Gasteiger partial charge in [0.25, 0.3) is 0 Å². The van der Waals surface area contributed by atoms with E-state index >= 15 is 0 Å². The topological polar surface area (TPSA) is 49.7 Å². The molecule has 15 heavy (non-hydrogen) atoms. The monoisotopic (exact) mass is 208 g/mol. The van der Waals surface area contributed by atoms with Gasteiger partial charge in [-0.05, 0) is 29.7 Å². The maximum Gasteiger partial charge on any atom is 0.119 e. The van der Waals surface area contributed by atoms with Gasteiger partial charge in [0, 0.05) is 5.41 Å². The van der Waals surface area contributed by atoms with E-state index in [1.54, 1.807) is 7.11 Å². The summed E-state index contributed by atoms with van der Waals surface area (Å²) in [6, 6.07) is 5.64. The van der Waals surface area contributed by atoms with Crippen LogP contribution in [-0.4, -0.2) is 23.9 Å². The van der Waals surface area contributed by atoms with Crippen LogP contribution in [0.15, 0.2) is 18.2 Å². The van der Waals surface area contributed by atoms with Gasteiger partial charge in [-0.3, -0.25) is 0 Å². The highest BCUT2D eigenvalue weighted by atomic mass is 16.5. The Hall–Kier alpha value is -1.06. The van der Waals surface area contributed by atoms with E-state index in [0.29, 0.717) is 6.42 Å². The molecule has 0 saturated heterocycles. The van der Waals surface area contributed by atoms with Crippen LogP contribution in [-0.2, 0) is 6.42 Å². The first kappa shape index (κ1) is 10.5. The Morgan fingerprint density at radius 3 is 2.87 bits per heavy atom. The van der Waals surface area contributed by atoms with Crippen molar-refractivity contribution >= 4 is 0 Å². The average molecular weight is 208 g/mol. The minimum Gasteiger partial charge on any atom is -0.497 e. The van der Waals surface area contributed by atoms with Gasteiger partial charge in [-0.15, -0.1) is 0 Å². The molecule has 0 radical (unpaired) electrons. The number of hydrogen-bond acceptors (Lipinski definition) is 3. The van der Waals surface area contributed by atoms with E-state index in [9.17, 15) is 10.2 Å². The molecule has 1 aromatic carbocycles. The van der Waals surface area contributed by atoms with E-state index in [2.05, 4.69) is 0 Å². The minimum atomic E-state index is -0.580. The molecular weight excluding hydrogens is 192 g/mol. The Labute approximate surface area is 89.3 Å². The summed E-state index contributed by atoms with van der Waals surface area (Å²) in [6.45, 7) is 1.88. The number of benzene rings is 1. The van der Waals surface area contributed by atoms with E-state index < -0.39 is 11.5 Å². The predicted molar refractivity (Wildman–Crippen MR) is 56.9 cm³/mol. The molecule has 2 N–H and O–H groups in total. The van der Waals surface area contributed by atoms with Gasteiger partial charge in [0.2, 0.25) is 0 Å². The van der Waals surface area contributed by atoms with Gasteiger partial charge in [0.05, 0.1) is 19.8 Å². The molecule has 0 aliphatic heterocycles. The van der Waals surface area contributed by atoms with E-state index in [1.807, 2.05) is 25.1 Å². The zero-order chi connectivity index (χ0) is 11.1. The summed E-state index contributed by atoms with van der Waals surface area (Å²) in [6.07, 6.45) is 0.111. The minimum absolute atomic E-state index is 0.00877. The quantitative estimate of drug-likeness (QED) is 0.769. The fourth-order valence-electron chi connectivity index (χ4n) is 2.18. The van der Waals surface area contributed by atoms with Crippen LogP contribution in [0, 0.1) is 5.41 Å². The Morgan fingerprint density at radius 2 is 2.27 bits per heavy atom. The van der Waals surface area contributed by atoms with Crippen molar-refractivity contribution in [3.63, 3.8) is 0 Å². The molecule has 0 bridgehead atoms. The SMILES string of the molecule is COc1ccc2c(c1)C[C@](C)(CO)[C@H]2O. The van der Waals surface area contributed by atoms with Crippen LogP contribution in [0.25, 0.3) is 0 Å². The molecule has 0 spiro atoms. The van der Waals surface area contributed by atoms with E-state index in [1.165, 1.54) is 0 Å². The van der Waals surface area contributed by atoms with Crippen LogP contribution in [0.2, 0.25) is 0 Å². The number of hydrogen-bond donors (Lipinski definition) is 2. The highest BCUT2D eigenvalue weighted by Crippen LogP contribution is 2.45. The number of aliphatic hydroxyl groups excluding tert-OH is 2. The van der Waals surface area contributed by atoms with Gasteiger partial charge in [-0.25, -0.2) is 0 Å². The number of ether oxygens (including phenoxy) is 1. The van der Waals surface area contributed by atoms with Gasteiger partial charge >= 0.3 is 0 Å². The molecule has 0 fully saturated rings. The first-order chi connectivity index (χ1) is 7.10. The molecule has 0 saturated carbocycles. The largest absolute Gasteiger partial charge is 0.497 e. The zero-order valence-corrected chi connectivity index (χ0v) is 9.03. The lowest BCUT2D eigenvalue weighted by Gasteiger charge is -2.25. The van der Waals surface area contributed by atoms with Gasteiger partial charge < -0.3 is 14.9 Å². The third-order valence-electron chi connectivity index (χ3n) is 3.26. The third-order valence-corrected chi connectivity index (χ3v) is 3.26. The van der Waals surface area contributed by atoms with Crippen LogP contribution in [0.1, 0.15) is 24.2 Å². The summed E-state index contributed by atoms with van der Waals surface area (Å²) < 4.78 is 5.13. The summed E-state index contributed by atoms with van der Waals surface area (Å²) in [4.78, 5) is 0. The van der Waals surface area contributed by atoms with E-state index in [-0.39, 0.29) is 6.61 Å². The first-order valence-electron chi connectivity index (χ1n) is 5.06. The van der Waals surface area contributed by atoms with Crippen molar-refractivity contribution in [2.75, 3.05) is 13.7 Å². The standard InChI is InChI=1S/C12H16O3/c1-12(7-13)6-8-5-9(15-2)3-4-10(8)11(12)14/h3-5,11,13-14H,6-7H2,1-2H3/t11-,12+/m0/s1. The Kier molecular flexibility index (Phi) is 2.44. The molecule has 0 heterocycles. The second-order valence-electron chi connectivity index (χ2n) is 4.46. The molecule has 82 valence electrons. The Morgan fingerprint density at radius 1 is 1.53 bits per heavy atom. The zero-order valence-electron chi connectivity index (χ0n) is 9.03. The maximum atomic E-state index is 10.1. The molecule has 3 nitrogen and oxygen atoms in total. The normalized spacial score (nSPS) is 28.9. The van der Waals surface area contributed by atoms with Gasteiger partial charge in [0.15, 0.2) is 0 Å². The number of fused-ring (bicyclic) bond motifs is 1. The van der Waals surface area contributed by atoms with Crippen molar-refractivity contribution in [1.29, 1.82) is 0 Å². The number of aliphatic hydroxyl groups is 2. The molecule has 0 unspecified atom stereocenters. The number of methoxy groups -OCH3 is 1. The first-order valence-corrected chi connectivity index (χ1v) is 5.06. The summed E-state index contributed by atoms with van der Waals surface area (Å²) >= 11 is 0. The molecule has 1 aliphatic carbocycles. The van der Waals surface area contributed by atoms with Crippen LogP contribution in [0.5, 0.6) is 5.75 Å². The highest BCUT2D eigenvalue weighted by molar-refractivity contribution is 5.42. The van der Waals surface area contributed by atoms with Crippen LogP contribution in [0.3, 0.4) is 0 Å². The third kappa shape index (κ3) is 1.52. The second kappa shape index (κ2) is 3.51. The van der Waals surface area contributed by atoms with Crippen molar-refractivity contribution in [2.24, 2.45) is 5.41 Å². The molecule has 1 aliphatic rings. The molecular formula is C12H16O3. The van der Waals surface area contributed by atoms with E-state index in [4.69, 9.17) is 4.74 Å². The smallest absolute Gasteiger partial charge is 0.119 e. The molecule has 2 atom stereocenters.